The number of thiazole rings is 1. The van der Waals surface area contributed by atoms with E-state index in [1.807, 2.05) is 18.2 Å². The van der Waals surface area contributed by atoms with Crippen LogP contribution in [0.25, 0.3) is 21.7 Å². The average Bonchev–Trinajstić information content (AvgIpc) is 3.23. The second-order valence-corrected chi connectivity index (χ2v) is 7.15. The summed E-state index contributed by atoms with van der Waals surface area (Å²) in [5.74, 6) is 1.63. The third kappa shape index (κ3) is 3.20. The molecule has 0 aliphatic rings. The Hall–Kier alpha value is -2.15. The lowest BCUT2D eigenvalue weighted by atomic mass is 10.2. The molecule has 4 rings (SSSR count). The molecule has 0 N–H and O–H groups in total. The topological polar surface area (TPSA) is 61.0 Å². The van der Waals surface area contributed by atoms with E-state index >= 15 is 0 Å². The van der Waals surface area contributed by atoms with Crippen molar-refractivity contribution in [1.29, 1.82) is 0 Å². The third-order valence-electron chi connectivity index (χ3n) is 3.58. The van der Waals surface area contributed by atoms with Gasteiger partial charge in [-0.1, -0.05) is 29.3 Å². The largest absolute Gasteiger partial charge is 0.494 e. The van der Waals surface area contributed by atoms with Gasteiger partial charge in [-0.05, 0) is 30.3 Å². The zero-order valence-corrected chi connectivity index (χ0v) is 15.3. The number of hydrogen-bond acceptors (Lipinski definition) is 6. The number of fused-ring (bicyclic) bond motifs is 1. The van der Waals surface area contributed by atoms with E-state index in [1.165, 1.54) is 0 Å². The van der Waals surface area contributed by atoms with Crippen LogP contribution in [0.5, 0.6) is 5.75 Å². The molecule has 4 aromatic rings. The van der Waals surface area contributed by atoms with Crippen molar-refractivity contribution < 1.29 is 9.15 Å². The fraction of sp³-hybridized carbons (Fsp3) is 0.118. The smallest absolute Gasteiger partial charge is 0.247 e. The van der Waals surface area contributed by atoms with Gasteiger partial charge in [-0.3, -0.25) is 0 Å². The maximum atomic E-state index is 6.03. The standard InChI is InChI=1S/C17H11Cl2N3O2S/c1-23-12-3-2-4-13-16(12)20-15(25-13)8-14-21-22-17(24-14)9-5-6-10(18)11(19)7-9/h2-7H,8H2,1H3. The minimum Gasteiger partial charge on any atom is -0.494 e. The van der Waals surface area contributed by atoms with Crippen LogP contribution in [0.3, 0.4) is 0 Å². The predicted octanol–water partition coefficient (Wildman–Crippen LogP) is 5.25. The van der Waals surface area contributed by atoms with Crippen LogP contribution in [0.15, 0.2) is 40.8 Å². The highest BCUT2D eigenvalue weighted by atomic mass is 35.5. The van der Waals surface area contributed by atoms with E-state index in [9.17, 15) is 0 Å². The zero-order valence-electron chi connectivity index (χ0n) is 13.0. The summed E-state index contributed by atoms with van der Waals surface area (Å²) in [6, 6.07) is 11.0. The van der Waals surface area contributed by atoms with Crippen molar-refractivity contribution in [3.05, 3.63) is 57.3 Å². The molecule has 25 heavy (non-hydrogen) atoms. The summed E-state index contributed by atoms with van der Waals surface area (Å²) in [7, 11) is 1.63. The van der Waals surface area contributed by atoms with Crippen LogP contribution in [0.2, 0.25) is 10.0 Å². The molecule has 0 spiro atoms. The molecule has 0 amide bonds. The third-order valence-corrected chi connectivity index (χ3v) is 5.34. The minimum absolute atomic E-state index is 0.396. The summed E-state index contributed by atoms with van der Waals surface area (Å²) < 4.78 is 12.1. The van der Waals surface area contributed by atoms with Crippen molar-refractivity contribution in [1.82, 2.24) is 15.2 Å². The first-order valence-electron chi connectivity index (χ1n) is 7.34. The van der Waals surface area contributed by atoms with E-state index in [-0.39, 0.29) is 0 Å². The van der Waals surface area contributed by atoms with Gasteiger partial charge in [0.05, 0.1) is 28.3 Å². The Morgan fingerprint density at radius 2 is 2.00 bits per heavy atom. The van der Waals surface area contributed by atoms with Gasteiger partial charge in [0.2, 0.25) is 11.8 Å². The number of benzene rings is 2. The molecular formula is C17H11Cl2N3O2S. The second-order valence-electron chi connectivity index (χ2n) is 5.22. The van der Waals surface area contributed by atoms with Gasteiger partial charge >= 0.3 is 0 Å². The zero-order chi connectivity index (χ0) is 17.4. The van der Waals surface area contributed by atoms with Crippen LogP contribution < -0.4 is 4.74 Å². The van der Waals surface area contributed by atoms with Crippen molar-refractivity contribution in [2.24, 2.45) is 0 Å². The first-order chi connectivity index (χ1) is 12.1. The van der Waals surface area contributed by atoms with Crippen LogP contribution in [0, 0.1) is 0 Å². The molecule has 0 aliphatic heterocycles. The fourth-order valence-corrected chi connectivity index (χ4v) is 3.68. The molecular weight excluding hydrogens is 381 g/mol. The summed E-state index contributed by atoms with van der Waals surface area (Å²) in [6.07, 6.45) is 0.455. The minimum atomic E-state index is 0.396. The van der Waals surface area contributed by atoms with Crippen molar-refractivity contribution in [2.75, 3.05) is 7.11 Å². The average molecular weight is 392 g/mol. The Balaban J connectivity index is 1.62. The molecule has 0 aliphatic carbocycles. The van der Waals surface area contributed by atoms with Gasteiger partial charge < -0.3 is 9.15 Å². The van der Waals surface area contributed by atoms with E-state index in [4.69, 9.17) is 32.4 Å². The highest BCUT2D eigenvalue weighted by Crippen LogP contribution is 2.31. The van der Waals surface area contributed by atoms with Crippen LogP contribution in [0.4, 0.5) is 0 Å². The number of para-hydroxylation sites is 1. The van der Waals surface area contributed by atoms with Crippen LogP contribution in [-0.2, 0) is 6.42 Å². The number of hydrogen-bond donors (Lipinski definition) is 0. The Kier molecular flexibility index (Phi) is 4.33. The number of methoxy groups -OCH3 is 1. The SMILES string of the molecule is COc1cccc2sc(Cc3nnc(-c4ccc(Cl)c(Cl)c4)o3)nc12. The fourth-order valence-electron chi connectivity index (χ4n) is 2.41. The Morgan fingerprint density at radius 3 is 2.80 bits per heavy atom. The van der Waals surface area contributed by atoms with Crippen molar-refractivity contribution in [2.45, 2.75) is 6.42 Å². The van der Waals surface area contributed by atoms with E-state index in [0.29, 0.717) is 28.2 Å². The number of nitrogens with zero attached hydrogens (tertiary/aromatic N) is 3. The van der Waals surface area contributed by atoms with Gasteiger partial charge in [0.25, 0.3) is 0 Å². The van der Waals surface area contributed by atoms with Crippen molar-refractivity contribution in [3.8, 4) is 17.2 Å². The van der Waals surface area contributed by atoms with Crippen LogP contribution in [-0.4, -0.2) is 22.3 Å². The van der Waals surface area contributed by atoms with E-state index in [1.54, 1.807) is 36.6 Å². The molecule has 126 valence electrons. The van der Waals surface area contributed by atoms with Gasteiger partial charge in [0, 0.05) is 5.56 Å². The Labute approximate surface area is 157 Å². The lowest BCUT2D eigenvalue weighted by molar-refractivity contribution is 0.419. The number of halogens is 2. The molecule has 5 nitrogen and oxygen atoms in total. The second kappa shape index (κ2) is 6.63. The first kappa shape index (κ1) is 16.3. The van der Waals surface area contributed by atoms with Gasteiger partial charge in [-0.2, -0.15) is 0 Å². The van der Waals surface area contributed by atoms with Crippen molar-refractivity contribution >= 4 is 44.8 Å². The van der Waals surface area contributed by atoms with E-state index in [0.717, 1.165) is 26.5 Å². The van der Waals surface area contributed by atoms with Crippen molar-refractivity contribution in [3.63, 3.8) is 0 Å². The summed E-state index contributed by atoms with van der Waals surface area (Å²) in [4.78, 5) is 4.61. The normalized spacial score (nSPS) is 11.2. The van der Waals surface area contributed by atoms with Gasteiger partial charge in [-0.25, -0.2) is 4.98 Å². The molecule has 0 unspecified atom stereocenters. The molecule has 2 aromatic heterocycles. The quantitative estimate of drug-likeness (QED) is 0.475. The van der Waals surface area contributed by atoms with Crippen LogP contribution >= 0.6 is 34.5 Å². The number of rotatable bonds is 4. The summed E-state index contributed by atoms with van der Waals surface area (Å²) in [5, 5.41) is 9.97. The van der Waals surface area contributed by atoms with E-state index in [2.05, 4.69) is 15.2 Å². The molecule has 0 saturated carbocycles. The van der Waals surface area contributed by atoms with Gasteiger partial charge in [0.1, 0.15) is 16.3 Å². The molecule has 2 heterocycles. The summed E-state index contributed by atoms with van der Waals surface area (Å²) >= 11 is 13.5. The Morgan fingerprint density at radius 1 is 1.12 bits per heavy atom. The molecule has 0 saturated heterocycles. The summed E-state index contributed by atoms with van der Waals surface area (Å²) in [6.45, 7) is 0. The number of ether oxygens (including phenoxy) is 1. The molecule has 2 aromatic carbocycles. The van der Waals surface area contributed by atoms with Gasteiger partial charge in [-0.15, -0.1) is 21.5 Å². The number of aromatic nitrogens is 3. The molecule has 0 fully saturated rings. The van der Waals surface area contributed by atoms with Crippen LogP contribution in [0.1, 0.15) is 10.9 Å². The molecule has 0 bridgehead atoms. The molecule has 8 heteroatoms. The maximum Gasteiger partial charge on any atom is 0.247 e. The highest BCUT2D eigenvalue weighted by Gasteiger charge is 2.14. The predicted molar refractivity (Wildman–Crippen MR) is 98.7 cm³/mol. The monoisotopic (exact) mass is 391 g/mol. The van der Waals surface area contributed by atoms with Gasteiger partial charge in [0.15, 0.2) is 0 Å². The summed E-state index contributed by atoms with van der Waals surface area (Å²) in [5.41, 5.74) is 1.56. The molecule has 0 radical (unpaired) electrons. The Bertz CT molecular complexity index is 1060. The molecule has 0 atom stereocenters. The lowest BCUT2D eigenvalue weighted by Gasteiger charge is -1.98. The first-order valence-corrected chi connectivity index (χ1v) is 8.91. The lowest BCUT2D eigenvalue weighted by Crippen LogP contribution is -1.88. The highest BCUT2D eigenvalue weighted by molar-refractivity contribution is 7.18. The van der Waals surface area contributed by atoms with E-state index < -0.39 is 0 Å². The maximum absolute atomic E-state index is 6.03.